The van der Waals surface area contributed by atoms with E-state index in [1.54, 1.807) is 0 Å². The van der Waals surface area contributed by atoms with Crippen molar-refractivity contribution >= 4 is 86.6 Å². The summed E-state index contributed by atoms with van der Waals surface area (Å²) < 4.78 is 0. The topological polar surface area (TPSA) is 28.5 Å². The average molecular weight is 579 g/mol. The summed E-state index contributed by atoms with van der Waals surface area (Å²) in [7, 11) is 0. The maximum Gasteiger partial charge on any atom is 2.00 e. The molecule has 1 radical (unpaired) electrons. The summed E-state index contributed by atoms with van der Waals surface area (Å²) in [6.07, 6.45) is 0. The first-order valence-electron chi connectivity index (χ1n) is 0. The SMILES string of the molecule is [Ba+2].[Ca+2].[Cu+2].[Er].[H-].[H-].[H-].[H-].[O-2].[Sm]. The molecule has 0 rings (SSSR count). The predicted molar refractivity (Wildman–Crippen MR) is 16.6 cm³/mol. The van der Waals surface area contributed by atoms with Crippen LogP contribution in [0.25, 0.3) is 0 Å². The zero-order valence-corrected chi connectivity index (χ0v) is 14.9. The minimum absolute atomic E-state index is 0. The van der Waals surface area contributed by atoms with Gasteiger partial charge in [0, 0.05) is 77.7 Å². The Hall–Kier alpha value is 5.90. The average Bonchev–Trinajstić information content (AvgIpc) is 0. The number of hydrogen-bond acceptors (Lipinski definition) is 0. The predicted octanol–water partition coefficient (Wildman–Crippen LogP) is -0.433. The second-order valence-corrected chi connectivity index (χ2v) is 0. The minimum Gasteiger partial charge on any atom is -2.00 e. The first-order chi connectivity index (χ1) is 0. The molecule has 0 aliphatic heterocycles. The van der Waals surface area contributed by atoms with Crippen molar-refractivity contribution in [2.75, 3.05) is 0 Å². The molecule has 0 atom stereocenters. The van der Waals surface area contributed by atoms with Crippen molar-refractivity contribution in [1.82, 2.24) is 0 Å². The molecule has 6 heavy (non-hydrogen) atoms. The van der Waals surface area contributed by atoms with E-state index in [2.05, 4.69) is 0 Å². The molecule has 43 valence electrons. The van der Waals surface area contributed by atoms with Gasteiger partial charge in [-0.25, -0.2) is 0 Å². The van der Waals surface area contributed by atoms with Gasteiger partial charge in [0.1, 0.15) is 0 Å². The van der Waals surface area contributed by atoms with Crippen LogP contribution < -0.4 is 0 Å². The van der Waals surface area contributed by atoms with Crippen LogP contribution in [0.5, 0.6) is 0 Å². The Morgan fingerprint density at radius 1 is 1.17 bits per heavy atom. The molecule has 0 heterocycles. The van der Waals surface area contributed by atoms with E-state index < -0.39 is 0 Å². The quantitative estimate of drug-likeness (QED) is 0.350. The zero-order valence-electron chi connectivity index (χ0n) is 6.82. The summed E-state index contributed by atoms with van der Waals surface area (Å²) in [5.41, 5.74) is 0. The maximum absolute atomic E-state index is 0. The monoisotopic (exact) mass is 579 g/mol. The van der Waals surface area contributed by atoms with Gasteiger partial charge >= 0.3 is 104 Å². The summed E-state index contributed by atoms with van der Waals surface area (Å²) in [4.78, 5) is 0. The Labute approximate surface area is 186 Å². The third-order valence-electron chi connectivity index (χ3n) is 0. The van der Waals surface area contributed by atoms with Crippen LogP contribution in [0.15, 0.2) is 0 Å². The second-order valence-electron chi connectivity index (χ2n) is 0. The Morgan fingerprint density at radius 2 is 1.17 bits per heavy atom. The van der Waals surface area contributed by atoms with Crippen molar-refractivity contribution in [3.8, 4) is 0 Å². The molecular weight excluding hydrogens is 575 g/mol. The molecule has 0 N–H and O–H groups in total. The first-order valence-corrected chi connectivity index (χ1v) is 0. The van der Waals surface area contributed by atoms with E-state index in [0.717, 1.165) is 0 Å². The van der Waals surface area contributed by atoms with Gasteiger partial charge < -0.3 is 11.2 Å². The summed E-state index contributed by atoms with van der Waals surface area (Å²) in [5.74, 6) is 0. The Bertz CT molecular complexity index is 25.2. The van der Waals surface area contributed by atoms with Gasteiger partial charge in [-0.3, -0.25) is 0 Å². The van der Waals surface area contributed by atoms with Crippen LogP contribution in [0.2, 0.25) is 0 Å². The minimum atomic E-state index is 0. The van der Waals surface area contributed by atoms with E-state index in [9.17, 15) is 0 Å². The normalized spacial score (nSPS) is 0. The Kier molecular flexibility index (Phi) is 208. The molecule has 0 fully saturated rings. The van der Waals surface area contributed by atoms with Crippen molar-refractivity contribution in [2.45, 2.75) is 0 Å². The van der Waals surface area contributed by atoms with Gasteiger partial charge in [-0.15, -0.1) is 0 Å². The third kappa shape index (κ3) is 22.5. The summed E-state index contributed by atoms with van der Waals surface area (Å²) in [5, 5.41) is 0. The van der Waals surface area contributed by atoms with E-state index in [1.165, 1.54) is 0 Å². The molecule has 0 bridgehead atoms. The van der Waals surface area contributed by atoms with Gasteiger partial charge in [0.15, 0.2) is 0 Å². The van der Waals surface area contributed by atoms with Crippen LogP contribution in [-0.2, 0) is 22.5 Å². The van der Waals surface area contributed by atoms with Crippen LogP contribution in [-0.4, -0.2) is 86.6 Å². The van der Waals surface area contributed by atoms with Gasteiger partial charge in [-0.1, -0.05) is 0 Å². The standard InChI is InChI=1S/Ba.Ca.Cu.Er.O.Sm.4H/q3*+2;;-2;;4*-1. The number of rotatable bonds is 0. The van der Waals surface area contributed by atoms with Crippen molar-refractivity contribution in [3.63, 3.8) is 0 Å². The zero-order chi connectivity index (χ0) is 0. The molecule has 0 aromatic carbocycles. The largest absolute Gasteiger partial charge is 2.00 e. The summed E-state index contributed by atoms with van der Waals surface area (Å²) in [6.45, 7) is 0. The summed E-state index contributed by atoms with van der Waals surface area (Å²) in [6, 6.07) is 0. The molecule has 0 aliphatic rings. The van der Waals surface area contributed by atoms with Gasteiger partial charge in [0.05, 0.1) is 0 Å². The molecule has 0 saturated carbocycles. The Balaban J connectivity index is 0. The number of hydrogen-bond donors (Lipinski definition) is 0. The fourth-order valence-electron chi connectivity index (χ4n) is 0. The van der Waals surface area contributed by atoms with E-state index in [0.29, 0.717) is 0 Å². The van der Waals surface area contributed by atoms with E-state index in [1.807, 2.05) is 0 Å². The molecular formula is H4BaCaCuErOSm. The molecule has 6 heteroatoms. The summed E-state index contributed by atoms with van der Waals surface area (Å²) >= 11 is 0. The van der Waals surface area contributed by atoms with Crippen molar-refractivity contribution < 1.29 is 106 Å². The van der Waals surface area contributed by atoms with Gasteiger partial charge in [-0.05, 0) is 0 Å². The third-order valence-corrected chi connectivity index (χ3v) is 0. The van der Waals surface area contributed by atoms with Crippen LogP contribution in [0.3, 0.4) is 0 Å². The molecule has 1 nitrogen and oxygen atoms in total. The van der Waals surface area contributed by atoms with Crippen LogP contribution in [0.1, 0.15) is 5.71 Å². The molecule has 0 saturated heterocycles. The van der Waals surface area contributed by atoms with Crippen molar-refractivity contribution in [2.24, 2.45) is 0 Å². The molecule has 0 amide bonds. The van der Waals surface area contributed by atoms with Crippen molar-refractivity contribution in [3.05, 3.63) is 0 Å². The smallest absolute Gasteiger partial charge is 2.00 e. The molecule has 0 aromatic rings. The van der Waals surface area contributed by atoms with Crippen LogP contribution in [0, 0.1) is 77.7 Å². The van der Waals surface area contributed by atoms with E-state index in [4.69, 9.17) is 0 Å². The van der Waals surface area contributed by atoms with Crippen molar-refractivity contribution in [1.29, 1.82) is 0 Å². The maximum atomic E-state index is 0. The molecule has 0 aromatic heterocycles. The van der Waals surface area contributed by atoms with Gasteiger partial charge in [0.25, 0.3) is 0 Å². The Morgan fingerprint density at radius 3 is 1.17 bits per heavy atom. The fourth-order valence-corrected chi connectivity index (χ4v) is 0. The second kappa shape index (κ2) is 30.7. The van der Waals surface area contributed by atoms with Crippen LogP contribution in [0.4, 0.5) is 0 Å². The first kappa shape index (κ1) is 40.6. The molecule has 0 spiro atoms. The molecule has 0 unspecified atom stereocenters. The van der Waals surface area contributed by atoms with Gasteiger partial charge in [0.2, 0.25) is 0 Å². The van der Waals surface area contributed by atoms with Gasteiger partial charge in [-0.2, -0.15) is 0 Å². The van der Waals surface area contributed by atoms with E-state index >= 15 is 0 Å². The van der Waals surface area contributed by atoms with E-state index in [-0.39, 0.29) is 193 Å². The van der Waals surface area contributed by atoms with Crippen LogP contribution >= 0.6 is 0 Å². The molecule has 0 aliphatic carbocycles. The fraction of sp³-hybridized carbons (Fsp3) is 0.